The molecule has 0 saturated carbocycles. The SMILES string of the molecule is Cc1cc(C[n+]2cnn(C[C@](O)(c3ccc(F)cc3F)[C@@H](C)c3nc(-c4ccc(C#N)cc4)cs3)c2)cc(C)c1OC(=O)CN.Cc1cc(C[n+]2cnn(C[C@](O)(c3ccc(F)cc3F)[C@@H](C)c3nc(-c4ccc(C#N)cc4)cs3)c2)cc(C)c1OC(=O)CN.O=C([O-])C(F)(F)F.[Br-]. The van der Waals surface area contributed by atoms with Crippen molar-refractivity contribution in [3.8, 4) is 46.2 Å². The van der Waals surface area contributed by atoms with Gasteiger partial charge in [0.25, 0.3) is 12.7 Å². The number of aromatic nitrogens is 8. The first kappa shape index (κ1) is 75.5. The number of carbonyl (C=O) groups is 3. The highest BCUT2D eigenvalue weighted by atomic mass is 79.9. The molecule has 0 unspecified atom stereocenters. The van der Waals surface area contributed by atoms with Crippen LogP contribution < -0.4 is 52.2 Å². The highest BCUT2D eigenvalue weighted by Crippen LogP contribution is 2.44. The molecular formula is C68H62BrF7N12O8S2. The number of aliphatic carboxylic acids is 1. The number of carboxylic acids is 1. The number of rotatable bonds is 20. The van der Waals surface area contributed by atoms with Gasteiger partial charge in [-0.05, 0) is 122 Å². The van der Waals surface area contributed by atoms with Crippen LogP contribution in [0.1, 0.15) is 91.3 Å². The molecule has 0 aliphatic rings. The van der Waals surface area contributed by atoms with Crippen molar-refractivity contribution >= 4 is 40.6 Å². The number of benzene rings is 6. The minimum absolute atomic E-state index is 0. The van der Waals surface area contributed by atoms with Crippen LogP contribution in [-0.2, 0) is 51.8 Å². The van der Waals surface area contributed by atoms with Gasteiger partial charge in [0.1, 0.15) is 65.0 Å². The van der Waals surface area contributed by atoms with E-state index in [4.69, 9.17) is 51.3 Å². The predicted octanol–water partition coefficient (Wildman–Crippen LogP) is 5.63. The smallest absolute Gasteiger partial charge is 0.430 e. The molecule has 0 aliphatic heterocycles. The van der Waals surface area contributed by atoms with Crippen LogP contribution in [0, 0.1) is 73.6 Å². The zero-order valence-corrected chi connectivity index (χ0v) is 56.3. The fourth-order valence-electron chi connectivity index (χ4n) is 10.5. The molecule has 0 aliphatic carbocycles. The average Bonchev–Trinajstić information content (AvgIpc) is 1.38. The predicted molar refractivity (Wildman–Crippen MR) is 337 cm³/mol. The van der Waals surface area contributed by atoms with E-state index in [1.165, 1.54) is 44.2 Å². The first-order valence-electron chi connectivity index (χ1n) is 29.4. The van der Waals surface area contributed by atoms with Crippen LogP contribution in [0.2, 0.25) is 0 Å². The molecule has 6 N–H and O–H groups in total. The van der Waals surface area contributed by atoms with E-state index in [2.05, 4.69) is 22.3 Å². The van der Waals surface area contributed by atoms with Crippen molar-refractivity contribution < 1.29 is 96.0 Å². The van der Waals surface area contributed by atoms with Crippen LogP contribution in [0.15, 0.2) is 145 Å². The van der Waals surface area contributed by atoms with Crippen LogP contribution in [0.5, 0.6) is 11.5 Å². The van der Waals surface area contributed by atoms with Gasteiger partial charge < -0.3 is 58.0 Å². The molecule has 6 aromatic carbocycles. The molecule has 0 radical (unpaired) electrons. The highest BCUT2D eigenvalue weighted by molar-refractivity contribution is 7.10. The first-order valence-corrected chi connectivity index (χ1v) is 31.1. The number of esters is 2. The summed E-state index contributed by atoms with van der Waals surface area (Å²) < 4.78 is 107. The number of thiazole rings is 2. The van der Waals surface area contributed by atoms with E-state index >= 15 is 8.78 Å². The maximum Gasteiger partial charge on any atom is 0.430 e. The molecule has 0 fully saturated rings. The average molecular weight is 1450 g/mol. The minimum Gasteiger partial charge on any atom is -1.00 e. The standard InChI is InChI=1S/2C33H31F2N6O3S.C2HF3O2.BrH/c2*1-20-10-24(11-21(2)31(20)44-30(42)14-37)15-40-18-38-41(19-40)17-33(43,27-9-8-26(34)12-28(27)35)22(3)32-39-29(16-45-32)25-6-4-23(13-36)5-7-25;3-2(4,5)1(6)7;/h2*4-12,16,18-19,22,43H,14-15,17,37H2,1-3H3;(H,6,7);1H/q2*+1;;/p-2/t2*22-,33+;;/m00../s1. The Morgan fingerprint density at radius 2 is 0.939 bits per heavy atom. The van der Waals surface area contributed by atoms with E-state index < -0.39 is 70.4 Å². The second kappa shape index (κ2) is 32.4. The van der Waals surface area contributed by atoms with Crippen LogP contribution in [-0.4, -0.2) is 76.9 Å². The Balaban J connectivity index is 0.000000249. The summed E-state index contributed by atoms with van der Waals surface area (Å²) in [4.78, 5) is 41.7. The summed E-state index contributed by atoms with van der Waals surface area (Å²) in [6.45, 7) is 11.0. The van der Waals surface area contributed by atoms with Crippen LogP contribution >= 0.6 is 22.7 Å². The summed E-state index contributed by atoms with van der Waals surface area (Å²) in [5, 5.41) is 65.0. The van der Waals surface area contributed by atoms with E-state index in [0.717, 1.165) is 68.8 Å². The highest BCUT2D eigenvalue weighted by Gasteiger charge is 2.45. The van der Waals surface area contributed by atoms with E-state index in [1.54, 1.807) is 96.8 Å². The fourth-order valence-corrected chi connectivity index (χ4v) is 12.5. The molecule has 30 heteroatoms. The molecule has 0 saturated heterocycles. The fraction of sp³-hybridized carbons (Fsp3) is 0.250. The van der Waals surface area contributed by atoms with Gasteiger partial charge in [-0.1, -0.05) is 50.2 Å². The summed E-state index contributed by atoms with van der Waals surface area (Å²) in [6, 6.07) is 31.9. The molecule has 0 spiro atoms. The number of aryl methyl sites for hydroxylation is 4. The van der Waals surface area contributed by atoms with Crippen molar-refractivity contribution in [1.29, 1.82) is 10.5 Å². The molecule has 0 amide bonds. The van der Waals surface area contributed by atoms with Gasteiger partial charge in [0.15, 0.2) is 0 Å². The Morgan fingerprint density at radius 3 is 1.23 bits per heavy atom. The lowest BCUT2D eigenvalue weighted by Crippen LogP contribution is -3.00. The normalized spacial score (nSPS) is 12.9. The number of hydrogen-bond acceptors (Lipinski definition) is 18. The van der Waals surface area contributed by atoms with Gasteiger partial charge in [0.05, 0.1) is 70.8 Å². The number of carboxylic acid groups (broad SMARTS) is 1. The molecule has 98 heavy (non-hydrogen) atoms. The number of alkyl halides is 3. The molecular weight excluding hydrogens is 1390 g/mol. The van der Waals surface area contributed by atoms with Crippen molar-refractivity contribution in [2.24, 2.45) is 11.5 Å². The van der Waals surface area contributed by atoms with Crippen molar-refractivity contribution in [2.75, 3.05) is 13.1 Å². The summed E-state index contributed by atoms with van der Waals surface area (Å²) in [5.41, 5.74) is 15.8. The topological polar surface area (TPSA) is 302 Å². The molecule has 0 bridgehead atoms. The summed E-state index contributed by atoms with van der Waals surface area (Å²) in [7, 11) is 0. The molecule has 20 nitrogen and oxygen atoms in total. The number of halogens is 8. The number of nitriles is 2. The van der Waals surface area contributed by atoms with Gasteiger partial charge in [-0.15, -0.1) is 32.0 Å². The Hall–Kier alpha value is -9.92. The van der Waals surface area contributed by atoms with Gasteiger partial charge in [0.2, 0.25) is 12.7 Å². The van der Waals surface area contributed by atoms with Crippen LogP contribution in [0.4, 0.5) is 30.7 Å². The van der Waals surface area contributed by atoms with Crippen molar-refractivity contribution in [3.05, 3.63) is 234 Å². The third-order valence-electron chi connectivity index (χ3n) is 15.5. The number of nitrogens with two attached hydrogens (primary N) is 2. The van der Waals surface area contributed by atoms with Crippen molar-refractivity contribution in [1.82, 2.24) is 29.5 Å². The second-order valence-corrected chi connectivity index (χ2v) is 24.3. The number of aliphatic hydroxyl groups is 2. The van der Waals surface area contributed by atoms with Crippen molar-refractivity contribution in [3.63, 3.8) is 0 Å². The second-order valence-electron chi connectivity index (χ2n) is 22.6. The molecule has 4 heterocycles. The van der Waals surface area contributed by atoms with Gasteiger partial charge in [-0.2, -0.15) is 23.7 Å². The molecule has 10 rings (SSSR count). The Labute approximate surface area is 575 Å². The number of nitrogens with zero attached hydrogens (tertiary/aromatic N) is 10. The van der Waals surface area contributed by atoms with Gasteiger partial charge >= 0.3 is 18.1 Å². The zero-order chi connectivity index (χ0) is 70.7. The third kappa shape index (κ3) is 18.4. The van der Waals surface area contributed by atoms with Crippen molar-refractivity contribution in [2.45, 2.75) is 96.9 Å². The number of ether oxygens (including phenoxy) is 2. The van der Waals surface area contributed by atoms with E-state index in [9.17, 15) is 41.8 Å². The summed E-state index contributed by atoms with van der Waals surface area (Å²) >= 11 is 2.63. The Morgan fingerprint density at radius 1 is 0.602 bits per heavy atom. The monoisotopic (exact) mass is 1450 g/mol. The van der Waals surface area contributed by atoms with E-state index in [1.807, 2.05) is 62.7 Å². The summed E-state index contributed by atoms with van der Waals surface area (Å²) in [5.74, 6) is -7.82. The maximum atomic E-state index is 15.3. The van der Waals surface area contributed by atoms with E-state index in [-0.39, 0.29) is 54.3 Å². The minimum atomic E-state index is -5.19. The lowest BCUT2D eigenvalue weighted by Gasteiger charge is -2.32. The molecule has 4 aromatic heterocycles. The number of carbonyl (C=O) groups excluding carboxylic acids is 3. The molecule has 510 valence electrons. The summed E-state index contributed by atoms with van der Waals surface area (Å²) in [6.07, 6.45) is 1.36. The van der Waals surface area contributed by atoms with Crippen LogP contribution in [0.3, 0.4) is 0 Å². The number of hydrogen-bond donors (Lipinski definition) is 4. The Bertz CT molecular complexity index is 4270. The first-order chi connectivity index (χ1) is 45.9. The van der Waals surface area contributed by atoms with E-state index in [0.29, 0.717) is 57.1 Å². The van der Waals surface area contributed by atoms with Gasteiger partial charge in [0, 0.05) is 67.2 Å². The zero-order valence-electron chi connectivity index (χ0n) is 53.1. The van der Waals surface area contributed by atoms with Gasteiger partial charge in [-0.25, -0.2) is 36.7 Å². The molecule has 10 aromatic rings. The largest absolute Gasteiger partial charge is 1.00 e. The van der Waals surface area contributed by atoms with Crippen LogP contribution in [0.25, 0.3) is 22.5 Å². The lowest BCUT2D eigenvalue weighted by molar-refractivity contribution is -0.689. The molecule has 4 atom stereocenters. The third-order valence-corrected chi connectivity index (χ3v) is 17.5. The quantitative estimate of drug-likeness (QED) is 0.0311. The Kier molecular flexibility index (Phi) is 25.0. The maximum absolute atomic E-state index is 15.3. The van der Waals surface area contributed by atoms with Gasteiger partial charge in [-0.3, -0.25) is 9.59 Å². The lowest BCUT2D eigenvalue weighted by atomic mass is 9.82.